The van der Waals surface area contributed by atoms with E-state index in [4.69, 9.17) is 17.0 Å². The van der Waals surface area contributed by atoms with E-state index in [0.717, 1.165) is 35.4 Å². The minimum Gasteiger partial charge on any atom is -0.319 e. The molecular formula is C24H33ClN4OS. The maximum atomic E-state index is 11.9. The molecule has 1 fully saturated rings. The second-order valence-corrected chi connectivity index (χ2v) is 11.2. The molecule has 3 rings (SSSR count). The molecule has 2 aromatic rings. The fourth-order valence-electron chi connectivity index (χ4n) is 4.54. The lowest BCUT2D eigenvalue weighted by Crippen LogP contribution is -2.61. The Labute approximate surface area is 194 Å². The van der Waals surface area contributed by atoms with Gasteiger partial charge in [0.15, 0.2) is 0 Å². The summed E-state index contributed by atoms with van der Waals surface area (Å²) in [5, 5.41) is 13.3. The van der Waals surface area contributed by atoms with Gasteiger partial charge in [0.25, 0.3) is 5.56 Å². The summed E-state index contributed by atoms with van der Waals surface area (Å²) in [4.78, 5) is 14.3. The normalized spacial score (nSPS) is 18.3. The SMILES string of the molecule is CN(CSC(=N)c1ccc(-c2ccn(C)c(=O)c2)cc1Cl)C1CC(C)(C)NC(C)(C)C1. The Morgan fingerprint density at radius 2 is 1.81 bits per heavy atom. The first-order valence-corrected chi connectivity index (χ1v) is 11.9. The van der Waals surface area contributed by atoms with Crippen LogP contribution in [0.3, 0.4) is 0 Å². The standard InChI is InChI=1S/C24H33ClN4OS/c1-23(2)13-18(14-24(3,4)27-23)29(6)15-31-22(26)19-8-7-16(11-20(19)25)17-9-10-28(5)21(30)12-17/h7-12,18,26-27H,13-15H2,1-6H3. The van der Waals surface area contributed by atoms with Crippen molar-refractivity contribution in [1.82, 2.24) is 14.8 Å². The van der Waals surface area contributed by atoms with Crippen molar-refractivity contribution < 1.29 is 0 Å². The van der Waals surface area contributed by atoms with E-state index in [2.05, 4.69) is 45.0 Å². The maximum absolute atomic E-state index is 11.9. The molecule has 1 aliphatic rings. The van der Waals surface area contributed by atoms with Crippen LogP contribution in [-0.2, 0) is 7.05 Å². The highest BCUT2D eigenvalue weighted by molar-refractivity contribution is 8.14. The van der Waals surface area contributed by atoms with Crippen LogP contribution in [0.4, 0.5) is 0 Å². The van der Waals surface area contributed by atoms with Crippen LogP contribution in [0.25, 0.3) is 11.1 Å². The molecule has 31 heavy (non-hydrogen) atoms. The van der Waals surface area contributed by atoms with Gasteiger partial charge in [-0.3, -0.25) is 15.1 Å². The molecule has 0 radical (unpaired) electrons. The summed E-state index contributed by atoms with van der Waals surface area (Å²) in [5.74, 6) is 0.739. The number of hydrogen-bond acceptors (Lipinski definition) is 5. The van der Waals surface area contributed by atoms with Gasteiger partial charge in [-0.25, -0.2) is 0 Å². The zero-order chi connectivity index (χ0) is 23.0. The van der Waals surface area contributed by atoms with Gasteiger partial charge in [-0.15, -0.1) is 0 Å². The number of nitrogens with one attached hydrogen (secondary N) is 2. The van der Waals surface area contributed by atoms with E-state index < -0.39 is 0 Å². The highest BCUT2D eigenvalue weighted by atomic mass is 35.5. The highest BCUT2D eigenvalue weighted by Gasteiger charge is 2.39. The summed E-state index contributed by atoms with van der Waals surface area (Å²) in [6, 6.07) is 9.59. The van der Waals surface area contributed by atoms with Crippen LogP contribution >= 0.6 is 23.4 Å². The van der Waals surface area contributed by atoms with Gasteiger partial charge in [0, 0.05) is 42.0 Å². The molecule has 0 aliphatic carbocycles. The number of hydrogen-bond donors (Lipinski definition) is 2. The summed E-state index contributed by atoms with van der Waals surface area (Å²) in [7, 11) is 3.87. The van der Waals surface area contributed by atoms with Gasteiger partial charge in [0.1, 0.15) is 0 Å². The number of pyridine rings is 1. The smallest absolute Gasteiger partial charge is 0.250 e. The molecule has 7 heteroatoms. The number of halogens is 1. The van der Waals surface area contributed by atoms with Crippen LogP contribution in [0.1, 0.15) is 46.1 Å². The lowest BCUT2D eigenvalue weighted by Gasteiger charge is -2.49. The third-order valence-electron chi connectivity index (χ3n) is 5.86. The predicted octanol–water partition coefficient (Wildman–Crippen LogP) is 4.96. The van der Waals surface area contributed by atoms with Crippen LogP contribution in [-0.4, -0.2) is 44.6 Å². The average Bonchev–Trinajstić information content (AvgIpc) is 2.65. The molecule has 0 spiro atoms. The lowest BCUT2D eigenvalue weighted by molar-refractivity contribution is 0.0923. The fourth-order valence-corrected chi connectivity index (χ4v) is 5.74. The van der Waals surface area contributed by atoms with Crippen LogP contribution in [0, 0.1) is 5.41 Å². The summed E-state index contributed by atoms with van der Waals surface area (Å²) in [6.45, 7) is 9.03. The van der Waals surface area contributed by atoms with E-state index in [1.165, 1.54) is 16.3 Å². The van der Waals surface area contributed by atoms with Crippen molar-refractivity contribution in [2.75, 3.05) is 12.9 Å². The van der Waals surface area contributed by atoms with E-state index in [0.29, 0.717) is 16.1 Å². The minimum atomic E-state index is -0.0618. The Kier molecular flexibility index (Phi) is 7.06. The van der Waals surface area contributed by atoms with Crippen molar-refractivity contribution in [3.63, 3.8) is 0 Å². The second kappa shape index (κ2) is 9.10. The van der Waals surface area contributed by atoms with Gasteiger partial charge >= 0.3 is 0 Å². The predicted molar refractivity (Wildman–Crippen MR) is 133 cm³/mol. The van der Waals surface area contributed by atoms with Crippen LogP contribution in [0.5, 0.6) is 0 Å². The van der Waals surface area contributed by atoms with Crippen molar-refractivity contribution in [2.45, 2.75) is 57.7 Å². The minimum absolute atomic E-state index is 0.0618. The highest BCUT2D eigenvalue weighted by Crippen LogP contribution is 2.32. The van der Waals surface area contributed by atoms with E-state index in [1.54, 1.807) is 19.3 Å². The quantitative estimate of drug-likeness (QED) is 0.376. The topological polar surface area (TPSA) is 61.1 Å². The number of nitrogens with zero attached hydrogens (tertiary/aromatic N) is 2. The molecule has 0 atom stereocenters. The zero-order valence-corrected chi connectivity index (χ0v) is 20.8. The zero-order valence-electron chi connectivity index (χ0n) is 19.3. The van der Waals surface area contributed by atoms with Crippen molar-refractivity contribution in [3.05, 3.63) is 57.5 Å². The molecule has 168 valence electrons. The van der Waals surface area contributed by atoms with Crippen molar-refractivity contribution in [3.8, 4) is 11.1 Å². The molecule has 5 nitrogen and oxygen atoms in total. The number of aryl methyl sites for hydroxylation is 1. The largest absolute Gasteiger partial charge is 0.319 e. The van der Waals surface area contributed by atoms with E-state index in [-0.39, 0.29) is 16.6 Å². The third kappa shape index (κ3) is 6.01. The summed E-state index contributed by atoms with van der Waals surface area (Å²) in [5.41, 5.74) is 2.55. The molecule has 1 aromatic heterocycles. The van der Waals surface area contributed by atoms with Gasteiger partial charge in [0.05, 0.1) is 15.9 Å². The first kappa shape index (κ1) is 24.1. The molecule has 2 N–H and O–H groups in total. The van der Waals surface area contributed by atoms with Gasteiger partial charge < -0.3 is 9.88 Å². The molecule has 1 saturated heterocycles. The van der Waals surface area contributed by atoms with Gasteiger partial charge in [-0.05, 0) is 70.8 Å². The van der Waals surface area contributed by atoms with Crippen molar-refractivity contribution in [1.29, 1.82) is 5.41 Å². The monoisotopic (exact) mass is 460 g/mol. The van der Waals surface area contributed by atoms with E-state index in [1.807, 2.05) is 24.3 Å². The number of piperidine rings is 1. The molecule has 0 unspecified atom stereocenters. The molecule has 0 amide bonds. The van der Waals surface area contributed by atoms with Crippen LogP contribution in [0.2, 0.25) is 5.02 Å². The summed E-state index contributed by atoms with van der Waals surface area (Å²) in [6.07, 6.45) is 3.90. The fraction of sp³-hybridized carbons (Fsp3) is 0.500. The molecule has 2 heterocycles. The number of benzene rings is 1. The van der Waals surface area contributed by atoms with Gasteiger partial charge in [-0.2, -0.15) is 0 Å². The number of aromatic nitrogens is 1. The third-order valence-corrected chi connectivity index (χ3v) is 7.21. The lowest BCUT2D eigenvalue weighted by atomic mass is 9.79. The molecular weight excluding hydrogens is 428 g/mol. The van der Waals surface area contributed by atoms with Crippen molar-refractivity contribution in [2.24, 2.45) is 7.05 Å². The van der Waals surface area contributed by atoms with Crippen LogP contribution in [0.15, 0.2) is 41.3 Å². The van der Waals surface area contributed by atoms with Crippen molar-refractivity contribution >= 4 is 28.4 Å². The maximum Gasteiger partial charge on any atom is 0.250 e. The Morgan fingerprint density at radius 1 is 1.19 bits per heavy atom. The summed E-state index contributed by atoms with van der Waals surface area (Å²) < 4.78 is 1.53. The summed E-state index contributed by atoms with van der Waals surface area (Å²) >= 11 is 8.03. The van der Waals surface area contributed by atoms with E-state index >= 15 is 0 Å². The molecule has 1 aliphatic heterocycles. The first-order valence-electron chi connectivity index (χ1n) is 10.5. The number of rotatable bonds is 5. The molecule has 0 saturated carbocycles. The Morgan fingerprint density at radius 3 is 2.39 bits per heavy atom. The van der Waals surface area contributed by atoms with Crippen LogP contribution < -0.4 is 10.9 Å². The molecule has 0 bridgehead atoms. The average molecular weight is 461 g/mol. The van der Waals surface area contributed by atoms with E-state index in [9.17, 15) is 4.79 Å². The Balaban J connectivity index is 1.66. The Bertz CT molecular complexity index is 1010. The Hall–Kier alpha value is -1.60. The van der Waals surface area contributed by atoms with Gasteiger partial charge in [-0.1, -0.05) is 35.5 Å². The first-order chi connectivity index (χ1) is 14.4. The second-order valence-electron chi connectivity index (χ2n) is 9.87. The van der Waals surface area contributed by atoms with Gasteiger partial charge in [0.2, 0.25) is 0 Å². The number of thioether (sulfide) groups is 1. The molecule has 1 aromatic carbocycles.